The van der Waals surface area contributed by atoms with Crippen LogP contribution in [-0.4, -0.2) is 36.7 Å². The number of sulfonamides is 1. The van der Waals surface area contributed by atoms with Crippen molar-refractivity contribution in [2.75, 3.05) is 0 Å². The number of primary amides is 1. The minimum atomic E-state index is -3.71. The molecule has 0 aromatic heterocycles. The van der Waals surface area contributed by atoms with E-state index < -0.39 is 39.6 Å². The smallest absolute Gasteiger partial charge is 0.322 e. The molecule has 104 valence electrons. The number of carboxylic acid groups (broad SMARTS) is 1. The van der Waals surface area contributed by atoms with E-state index in [1.54, 1.807) is 0 Å². The number of hydrogen-bond donors (Lipinski definition) is 3. The summed E-state index contributed by atoms with van der Waals surface area (Å²) in [5.74, 6) is -2.25. The fraction of sp³-hybridized carbons (Fsp3) is 0.800. The lowest BCUT2D eigenvalue weighted by atomic mass is 10.0. The molecule has 8 heteroatoms. The molecule has 0 spiro atoms. The Bertz CT molecular complexity index is 414. The fourth-order valence-corrected chi connectivity index (χ4v) is 3.78. The van der Waals surface area contributed by atoms with Gasteiger partial charge in [0.25, 0.3) is 0 Å². The van der Waals surface area contributed by atoms with Crippen LogP contribution in [0.15, 0.2) is 0 Å². The Morgan fingerprint density at radius 3 is 2.28 bits per heavy atom. The first-order valence-corrected chi connectivity index (χ1v) is 7.40. The summed E-state index contributed by atoms with van der Waals surface area (Å²) in [5, 5.41) is 8.28. The summed E-state index contributed by atoms with van der Waals surface area (Å²) in [6.07, 6.45) is 3.14. The minimum Gasteiger partial charge on any atom is -0.480 e. The maximum absolute atomic E-state index is 12.0. The van der Waals surface area contributed by atoms with Crippen LogP contribution in [0.5, 0.6) is 0 Å². The second-order valence-corrected chi connectivity index (χ2v) is 6.48. The van der Waals surface area contributed by atoms with Crippen LogP contribution < -0.4 is 10.5 Å². The van der Waals surface area contributed by atoms with Crippen LogP contribution in [0, 0.1) is 0 Å². The van der Waals surface area contributed by atoms with E-state index in [0.29, 0.717) is 12.8 Å². The molecular formula is C10H18N2O5S. The first-order valence-electron chi connectivity index (χ1n) is 5.85. The molecule has 0 bridgehead atoms. The zero-order valence-corrected chi connectivity index (χ0v) is 10.8. The second kappa shape index (κ2) is 6.14. The average molecular weight is 278 g/mol. The van der Waals surface area contributed by atoms with E-state index in [-0.39, 0.29) is 0 Å². The highest BCUT2D eigenvalue weighted by Crippen LogP contribution is 2.23. The topological polar surface area (TPSA) is 127 Å². The Labute approximate surface area is 106 Å². The standard InChI is InChI=1S/C10H18N2O5S/c11-9(13)6-8(10(14)15)12-18(16,17)7-4-2-1-3-5-7/h7-8,12H,1-6H2,(H2,11,13)(H,14,15). The summed E-state index contributed by atoms with van der Waals surface area (Å²) in [5.41, 5.74) is 4.89. The van der Waals surface area contributed by atoms with Crippen molar-refractivity contribution in [2.24, 2.45) is 5.73 Å². The number of aliphatic carboxylic acids is 1. The highest BCUT2D eigenvalue weighted by atomic mass is 32.2. The first-order chi connectivity index (χ1) is 8.33. The number of nitrogens with one attached hydrogen (secondary N) is 1. The maximum atomic E-state index is 12.0. The third-order valence-electron chi connectivity index (χ3n) is 3.00. The lowest BCUT2D eigenvalue weighted by Gasteiger charge is -2.23. The molecule has 1 unspecified atom stereocenters. The third kappa shape index (κ3) is 4.26. The van der Waals surface area contributed by atoms with Gasteiger partial charge in [0.2, 0.25) is 15.9 Å². The highest BCUT2D eigenvalue weighted by Gasteiger charge is 2.32. The summed E-state index contributed by atoms with van der Waals surface area (Å²) < 4.78 is 26.0. The molecule has 1 atom stereocenters. The molecule has 0 aliphatic heterocycles. The number of carbonyl (C=O) groups is 2. The van der Waals surface area contributed by atoms with Crippen molar-refractivity contribution in [3.05, 3.63) is 0 Å². The fourth-order valence-electron chi connectivity index (χ4n) is 2.05. The van der Waals surface area contributed by atoms with Crippen LogP contribution in [0.4, 0.5) is 0 Å². The summed E-state index contributed by atoms with van der Waals surface area (Å²) in [6, 6.07) is -1.48. The van der Waals surface area contributed by atoms with Gasteiger partial charge in [0.15, 0.2) is 0 Å². The van der Waals surface area contributed by atoms with E-state index in [1.165, 1.54) is 0 Å². The van der Waals surface area contributed by atoms with Gasteiger partial charge >= 0.3 is 5.97 Å². The van der Waals surface area contributed by atoms with Crippen molar-refractivity contribution in [3.8, 4) is 0 Å². The van der Waals surface area contributed by atoms with E-state index in [9.17, 15) is 18.0 Å². The van der Waals surface area contributed by atoms with Gasteiger partial charge in [-0.1, -0.05) is 19.3 Å². The van der Waals surface area contributed by atoms with E-state index in [4.69, 9.17) is 10.8 Å². The molecule has 0 aromatic carbocycles. The Hall–Kier alpha value is -1.15. The number of hydrogen-bond acceptors (Lipinski definition) is 4. The molecule has 1 aliphatic rings. The van der Waals surface area contributed by atoms with E-state index >= 15 is 0 Å². The summed E-state index contributed by atoms with van der Waals surface area (Å²) in [6.45, 7) is 0. The summed E-state index contributed by atoms with van der Waals surface area (Å²) >= 11 is 0. The Kier molecular flexibility index (Phi) is 5.09. The number of nitrogens with two attached hydrogens (primary N) is 1. The molecule has 0 radical (unpaired) electrons. The van der Waals surface area contributed by atoms with Gasteiger partial charge in [-0.2, -0.15) is 0 Å². The van der Waals surface area contributed by atoms with Crippen LogP contribution in [0.3, 0.4) is 0 Å². The van der Waals surface area contributed by atoms with E-state index in [1.807, 2.05) is 0 Å². The normalized spacial score (nSPS) is 19.3. The van der Waals surface area contributed by atoms with E-state index in [0.717, 1.165) is 19.3 Å². The highest BCUT2D eigenvalue weighted by molar-refractivity contribution is 7.90. The van der Waals surface area contributed by atoms with Crippen molar-refractivity contribution < 1.29 is 23.1 Å². The van der Waals surface area contributed by atoms with Crippen LogP contribution in [0.2, 0.25) is 0 Å². The number of amides is 1. The van der Waals surface area contributed by atoms with Crippen LogP contribution in [0.1, 0.15) is 38.5 Å². The average Bonchev–Trinajstić information content (AvgIpc) is 2.28. The number of carboxylic acids is 1. The molecule has 0 heterocycles. The predicted octanol–water partition coefficient (Wildman–Crippen LogP) is -0.433. The van der Waals surface area contributed by atoms with Crippen molar-refractivity contribution in [3.63, 3.8) is 0 Å². The lowest BCUT2D eigenvalue weighted by molar-refractivity contribution is -0.140. The minimum absolute atomic E-state index is 0.526. The zero-order chi connectivity index (χ0) is 13.8. The van der Waals surface area contributed by atoms with Crippen LogP contribution in [-0.2, 0) is 19.6 Å². The van der Waals surface area contributed by atoms with Crippen molar-refractivity contribution >= 4 is 21.9 Å². The monoisotopic (exact) mass is 278 g/mol. The van der Waals surface area contributed by atoms with Gasteiger partial charge in [-0.15, -0.1) is 0 Å². The zero-order valence-electron chi connectivity index (χ0n) is 9.96. The van der Waals surface area contributed by atoms with Gasteiger partial charge in [0, 0.05) is 0 Å². The number of rotatable bonds is 6. The summed E-state index contributed by atoms with van der Waals surface area (Å²) in [4.78, 5) is 21.6. The van der Waals surface area contributed by atoms with Crippen molar-refractivity contribution in [1.29, 1.82) is 0 Å². The molecule has 1 saturated carbocycles. The molecule has 1 amide bonds. The molecule has 1 rings (SSSR count). The molecule has 0 aromatic rings. The molecule has 1 aliphatic carbocycles. The SMILES string of the molecule is NC(=O)CC(NS(=O)(=O)C1CCCCC1)C(=O)O. The van der Waals surface area contributed by atoms with Crippen molar-refractivity contribution in [1.82, 2.24) is 4.72 Å². The third-order valence-corrected chi connectivity index (χ3v) is 4.96. The van der Waals surface area contributed by atoms with Gasteiger partial charge < -0.3 is 10.8 Å². The molecule has 18 heavy (non-hydrogen) atoms. The van der Waals surface area contributed by atoms with Gasteiger partial charge in [0.05, 0.1) is 11.7 Å². The van der Waals surface area contributed by atoms with Gasteiger partial charge in [-0.3, -0.25) is 9.59 Å². The van der Waals surface area contributed by atoms with Crippen LogP contribution in [0.25, 0.3) is 0 Å². The van der Waals surface area contributed by atoms with E-state index in [2.05, 4.69) is 4.72 Å². The maximum Gasteiger partial charge on any atom is 0.322 e. The molecule has 1 fully saturated rings. The number of carbonyl (C=O) groups excluding carboxylic acids is 1. The molecular weight excluding hydrogens is 260 g/mol. The molecule has 0 saturated heterocycles. The van der Waals surface area contributed by atoms with Gasteiger partial charge in [0.1, 0.15) is 6.04 Å². The Morgan fingerprint density at radius 2 is 1.83 bits per heavy atom. The molecule has 4 N–H and O–H groups in total. The van der Waals surface area contributed by atoms with Gasteiger partial charge in [-0.05, 0) is 12.8 Å². The Morgan fingerprint density at radius 1 is 1.28 bits per heavy atom. The first kappa shape index (κ1) is 14.9. The van der Waals surface area contributed by atoms with Gasteiger partial charge in [-0.25, -0.2) is 13.1 Å². The largest absolute Gasteiger partial charge is 0.480 e. The van der Waals surface area contributed by atoms with Crippen molar-refractivity contribution in [2.45, 2.75) is 49.8 Å². The second-order valence-electron chi connectivity index (χ2n) is 4.48. The Balaban J connectivity index is 2.71. The lowest BCUT2D eigenvalue weighted by Crippen LogP contribution is -2.47. The quantitative estimate of drug-likeness (QED) is 0.607. The predicted molar refractivity (Wildman–Crippen MR) is 64.2 cm³/mol. The summed E-state index contributed by atoms with van der Waals surface area (Å²) in [7, 11) is -3.71. The molecule has 7 nitrogen and oxygen atoms in total. The van der Waals surface area contributed by atoms with Crippen LogP contribution >= 0.6 is 0 Å².